The minimum Gasteiger partial charge on any atom is -0.355 e. The van der Waals surface area contributed by atoms with Gasteiger partial charge in [-0.3, -0.25) is 9.59 Å². The summed E-state index contributed by atoms with van der Waals surface area (Å²) in [6.45, 7) is 2.50. The van der Waals surface area contributed by atoms with Crippen molar-refractivity contribution in [3.05, 3.63) is 42.5 Å². The summed E-state index contributed by atoms with van der Waals surface area (Å²) in [6.07, 6.45) is 0.332. The minimum absolute atomic E-state index is 0.127. The molecule has 0 heterocycles. The quantitative estimate of drug-likeness (QED) is 0.521. The summed E-state index contributed by atoms with van der Waals surface area (Å²) in [5.74, 6) is -0.291. The van der Waals surface area contributed by atoms with Crippen LogP contribution < -0.4 is 21.7 Å². The molecule has 6 nitrogen and oxygen atoms in total. The first-order chi connectivity index (χ1) is 11.7. The van der Waals surface area contributed by atoms with E-state index in [2.05, 4.69) is 16.0 Å². The minimum atomic E-state index is -0.164. The molecule has 2 aromatic rings. The lowest BCUT2D eigenvalue weighted by Crippen LogP contribution is -2.34. The Morgan fingerprint density at radius 2 is 1.62 bits per heavy atom. The smallest absolute Gasteiger partial charge is 0.224 e. The van der Waals surface area contributed by atoms with Crippen LogP contribution in [0.4, 0.5) is 5.69 Å². The molecule has 128 valence electrons. The van der Waals surface area contributed by atoms with Crippen LogP contribution in [0.5, 0.6) is 0 Å². The number of anilines is 1. The van der Waals surface area contributed by atoms with Crippen molar-refractivity contribution < 1.29 is 9.59 Å². The standard InChI is InChI=1S/C18H24N4O2/c19-10-11-20-12-13-21-17(23)8-9-18(24)22-16-7-3-5-14-4-1-2-6-15(14)16/h1-7,20H,8-13,19H2,(H,21,23)(H,22,24). The molecule has 0 spiro atoms. The molecule has 0 aliphatic heterocycles. The van der Waals surface area contributed by atoms with Gasteiger partial charge in [0, 0.05) is 50.1 Å². The predicted octanol–water partition coefficient (Wildman–Crippen LogP) is 1.22. The van der Waals surface area contributed by atoms with Crippen LogP contribution in [0.25, 0.3) is 10.8 Å². The highest BCUT2D eigenvalue weighted by atomic mass is 16.2. The van der Waals surface area contributed by atoms with Crippen molar-refractivity contribution in [2.45, 2.75) is 12.8 Å². The van der Waals surface area contributed by atoms with E-state index in [0.717, 1.165) is 23.0 Å². The highest BCUT2D eigenvalue weighted by Gasteiger charge is 2.08. The number of hydrogen-bond donors (Lipinski definition) is 4. The van der Waals surface area contributed by atoms with Gasteiger partial charge in [0.25, 0.3) is 0 Å². The van der Waals surface area contributed by atoms with Crippen molar-refractivity contribution in [1.29, 1.82) is 0 Å². The molecule has 0 fully saturated rings. The number of rotatable bonds is 9. The van der Waals surface area contributed by atoms with Gasteiger partial charge in [0.15, 0.2) is 0 Å². The third-order valence-electron chi connectivity index (χ3n) is 3.59. The normalized spacial score (nSPS) is 10.5. The van der Waals surface area contributed by atoms with E-state index in [1.54, 1.807) is 0 Å². The number of benzene rings is 2. The maximum Gasteiger partial charge on any atom is 0.224 e. The molecule has 0 saturated heterocycles. The summed E-state index contributed by atoms with van der Waals surface area (Å²) in [4.78, 5) is 23.8. The van der Waals surface area contributed by atoms with Crippen LogP contribution in [-0.4, -0.2) is 38.0 Å². The van der Waals surface area contributed by atoms with Gasteiger partial charge in [0.2, 0.25) is 11.8 Å². The maximum atomic E-state index is 12.1. The molecular formula is C18H24N4O2. The zero-order chi connectivity index (χ0) is 17.2. The molecule has 0 bridgehead atoms. The molecule has 0 aliphatic carbocycles. The molecule has 0 saturated carbocycles. The molecule has 0 atom stereocenters. The largest absolute Gasteiger partial charge is 0.355 e. The molecule has 0 radical (unpaired) electrons. The van der Waals surface area contributed by atoms with E-state index in [4.69, 9.17) is 5.73 Å². The van der Waals surface area contributed by atoms with Crippen LogP contribution in [-0.2, 0) is 9.59 Å². The summed E-state index contributed by atoms with van der Waals surface area (Å²) >= 11 is 0. The third kappa shape index (κ3) is 5.64. The van der Waals surface area contributed by atoms with Crippen molar-refractivity contribution in [2.75, 3.05) is 31.5 Å². The Morgan fingerprint density at radius 3 is 2.46 bits per heavy atom. The first-order valence-corrected chi connectivity index (χ1v) is 8.16. The number of carbonyl (C=O) groups is 2. The number of nitrogens with two attached hydrogens (primary N) is 1. The van der Waals surface area contributed by atoms with Crippen LogP contribution in [0.3, 0.4) is 0 Å². The Bertz CT molecular complexity index is 682. The molecule has 0 aromatic heterocycles. The van der Waals surface area contributed by atoms with E-state index in [0.29, 0.717) is 19.6 Å². The van der Waals surface area contributed by atoms with E-state index < -0.39 is 0 Å². The number of hydrogen-bond acceptors (Lipinski definition) is 4. The van der Waals surface area contributed by atoms with Gasteiger partial charge in [-0.25, -0.2) is 0 Å². The number of amides is 2. The average Bonchev–Trinajstić information content (AvgIpc) is 2.60. The second kappa shape index (κ2) is 9.64. The summed E-state index contributed by atoms with van der Waals surface area (Å²) in [7, 11) is 0. The molecule has 6 heteroatoms. The number of fused-ring (bicyclic) bond motifs is 1. The van der Waals surface area contributed by atoms with E-state index in [1.807, 2.05) is 42.5 Å². The molecule has 0 unspecified atom stereocenters. The van der Waals surface area contributed by atoms with Gasteiger partial charge in [0.1, 0.15) is 0 Å². The highest BCUT2D eigenvalue weighted by Crippen LogP contribution is 2.23. The fourth-order valence-electron chi connectivity index (χ4n) is 2.38. The van der Waals surface area contributed by atoms with Gasteiger partial charge in [-0.15, -0.1) is 0 Å². The Labute approximate surface area is 141 Å². The second-order valence-electron chi connectivity index (χ2n) is 5.46. The Balaban J connectivity index is 1.76. The van der Waals surface area contributed by atoms with Crippen LogP contribution in [0.15, 0.2) is 42.5 Å². The molecule has 5 N–H and O–H groups in total. The van der Waals surface area contributed by atoms with E-state index in [9.17, 15) is 9.59 Å². The number of carbonyl (C=O) groups excluding carboxylic acids is 2. The molecule has 24 heavy (non-hydrogen) atoms. The van der Waals surface area contributed by atoms with Crippen molar-refractivity contribution in [3.8, 4) is 0 Å². The molecule has 2 rings (SSSR count). The molecule has 2 aromatic carbocycles. The summed E-state index contributed by atoms with van der Waals surface area (Å²) in [5, 5.41) is 10.8. The first-order valence-electron chi connectivity index (χ1n) is 8.16. The Kier molecular flexibility index (Phi) is 7.20. The lowest BCUT2D eigenvalue weighted by Gasteiger charge is -2.09. The van der Waals surface area contributed by atoms with Gasteiger partial charge in [0.05, 0.1) is 0 Å². The first kappa shape index (κ1) is 17.9. The monoisotopic (exact) mass is 328 g/mol. The van der Waals surface area contributed by atoms with Crippen LogP contribution in [0.2, 0.25) is 0 Å². The fraction of sp³-hybridized carbons (Fsp3) is 0.333. The van der Waals surface area contributed by atoms with Crippen LogP contribution in [0.1, 0.15) is 12.8 Å². The van der Waals surface area contributed by atoms with E-state index in [-0.39, 0.29) is 24.7 Å². The highest BCUT2D eigenvalue weighted by molar-refractivity contribution is 6.02. The van der Waals surface area contributed by atoms with Crippen LogP contribution in [0, 0.1) is 0 Å². The van der Waals surface area contributed by atoms with Crippen LogP contribution >= 0.6 is 0 Å². The summed E-state index contributed by atoms with van der Waals surface area (Å²) in [5.41, 5.74) is 6.12. The molecule has 0 aliphatic rings. The molecular weight excluding hydrogens is 304 g/mol. The zero-order valence-electron chi connectivity index (χ0n) is 13.7. The topological polar surface area (TPSA) is 96.2 Å². The van der Waals surface area contributed by atoms with Gasteiger partial charge in [-0.1, -0.05) is 36.4 Å². The zero-order valence-corrected chi connectivity index (χ0v) is 13.7. The van der Waals surface area contributed by atoms with E-state index in [1.165, 1.54) is 0 Å². The lowest BCUT2D eigenvalue weighted by atomic mass is 10.1. The van der Waals surface area contributed by atoms with Gasteiger partial charge >= 0.3 is 0 Å². The van der Waals surface area contributed by atoms with Gasteiger partial charge in [-0.05, 0) is 11.5 Å². The summed E-state index contributed by atoms with van der Waals surface area (Å²) in [6, 6.07) is 13.6. The van der Waals surface area contributed by atoms with Crippen molar-refractivity contribution in [1.82, 2.24) is 10.6 Å². The summed E-state index contributed by atoms with van der Waals surface area (Å²) < 4.78 is 0. The molecule has 2 amide bonds. The lowest BCUT2D eigenvalue weighted by molar-refractivity contribution is -0.124. The Hall–Kier alpha value is -2.44. The fourth-order valence-corrected chi connectivity index (χ4v) is 2.38. The number of nitrogens with one attached hydrogen (secondary N) is 3. The van der Waals surface area contributed by atoms with Crippen molar-refractivity contribution in [2.24, 2.45) is 5.73 Å². The Morgan fingerprint density at radius 1 is 0.875 bits per heavy atom. The second-order valence-corrected chi connectivity index (χ2v) is 5.46. The maximum absolute atomic E-state index is 12.1. The van der Waals surface area contributed by atoms with E-state index >= 15 is 0 Å². The van der Waals surface area contributed by atoms with Crippen molar-refractivity contribution >= 4 is 28.3 Å². The van der Waals surface area contributed by atoms with Crippen molar-refractivity contribution in [3.63, 3.8) is 0 Å². The average molecular weight is 328 g/mol. The van der Waals surface area contributed by atoms with Gasteiger partial charge in [-0.2, -0.15) is 0 Å². The third-order valence-corrected chi connectivity index (χ3v) is 3.59. The predicted molar refractivity (Wildman–Crippen MR) is 96.7 cm³/mol. The SMILES string of the molecule is NCCNCCNC(=O)CCC(=O)Nc1cccc2ccccc12. The van der Waals surface area contributed by atoms with Gasteiger partial charge < -0.3 is 21.7 Å².